The van der Waals surface area contributed by atoms with Crippen LogP contribution in [-0.2, 0) is 24.7 Å². The molecule has 0 atom stereocenters. The lowest BCUT2D eigenvalue weighted by molar-refractivity contribution is 0.272. The van der Waals surface area contributed by atoms with E-state index in [1.807, 2.05) is 11.4 Å². The van der Waals surface area contributed by atoms with Crippen molar-refractivity contribution in [2.24, 2.45) is 0 Å². The molecule has 0 N–H and O–H groups in total. The Morgan fingerprint density at radius 3 is 0.677 bits per heavy atom. The second-order valence-corrected chi connectivity index (χ2v) is 37.4. The smallest absolute Gasteiger partial charge is 0.314 e. The number of hydrogen-bond donors (Lipinski definition) is 0. The van der Waals surface area contributed by atoms with Crippen LogP contribution >= 0.6 is 0 Å². The lowest BCUT2D eigenvalue weighted by atomic mass is 11.3. The molecule has 0 aromatic carbocycles. The van der Waals surface area contributed by atoms with Crippen molar-refractivity contribution in [1.82, 2.24) is 0 Å². The Labute approximate surface area is 199 Å². The molecule has 0 aromatic rings. The zero-order chi connectivity index (χ0) is 25.2. The molecule has 13 heteroatoms. The highest BCUT2D eigenvalue weighted by Gasteiger charge is 2.48. The van der Waals surface area contributed by atoms with Crippen LogP contribution < -0.4 is 0 Å². The van der Waals surface area contributed by atoms with Crippen LogP contribution in [0.25, 0.3) is 0 Å². The van der Waals surface area contributed by atoms with Gasteiger partial charge in [0.2, 0.25) is 0 Å². The van der Waals surface area contributed by atoms with E-state index in [9.17, 15) is 0 Å². The molecule has 0 aliphatic carbocycles. The van der Waals surface area contributed by atoms with Gasteiger partial charge in [-0.15, -0.1) is 13.2 Å². The van der Waals surface area contributed by atoms with Gasteiger partial charge < -0.3 is 24.7 Å². The second-order valence-electron chi connectivity index (χ2n) is 11.2. The third-order valence-corrected chi connectivity index (χ3v) is 29.8. The zero-order valence-corrected chi connectivity index (χ0v) is 29.5. The van der Waals surface area contributed by atoms with E-state index in [2.05, 4.69) is 105 Å². The highest BCUT2D eigenvalue weighted by Crippen LogP contribution is 2.28. The van der Waals surface area contributed by atoms with Crippen LogP contribution in [0.2, 0.25) is 91.7 Å². The van der Waals surface area contributed by atoms with Gasteiger partial charge in [-0.3, -0.25) is 0 Å². The Morgan fingerprint density at radius 1 is 0.355 bits per heavy atom. The summed E-state index contributed by atoms with van der Waals surface area (Å²) in [6.07, 6.45) is 0. The number of rotatable bonds is 14. The van der Waals surface area contributed by atoms with Crippen molar-refractivity contribution in [3.63, 3.8) is 0 Å². The number of hydrogen-bond acceptors (Lipinski definition) is 6. The van der Waals surface area contributed by atoms with Gasteiger partial charge >= 0.3 is 42.8 Å². The maximum absolute atomic E-state index is 6.58. The summed E-state index contributed by atoms with van der Waals surface area (Å²) in [6, 6.07) is 0. The summed E-state index contributed by atoms with van der Waals surface area (Å²) in [7, 11) is -16.1. The Morgan fingerprint density at radius 2 is 0.516 bits per heavy atom. The normalized spacial score (nSPS) is 15.2. The fourth-order valence-electron chi connectivity index (χ4n) is 3.82. The van der Waals surface area contributed by atoms with Gasteiger partial charge in [0, 0.05) is 0 Å². The van der Waals surface area contributed by atoms with Crippen LogP contribution in [0.15, 0.2) is 24.6 Å². The summed E-state index contributed by atoms with van der Waals surface area (Å²) in [5.41, 5.74) is 3.88. The van der Waals surface area contributed by atoms with Crippen molar-refractivity contribution in [2.45, 2.75) is 91.7 Å². The van der Waals surface area contributed by atoms with Gasteiger partial charge in [-0.05, 0) is 91.7 Å². The fourth-order valence-corrected chi connectivity index (χ4v) is 36.3. The van der Waals surface area contributed by atoms with E-state index in [1.165, 1.54) is 0 Å². The van der Waals surface area contributed by atoms with Gasteiger partial charge in [-0.2, -0.15) is 0 Å². The molecule has 0 aliphatic heterocycles. The average molecular weight is 557 g/mol. The molecule has 0 rings (SSSR count). The summed E-state index contributed by atoms with van der Waals surface area (Å²) in [5.74, 6) is 0. The summed E-state index contributed by atoms with van der Waals surface area (Å²) in [6.45, 7) is 37.1. The predicted octanol–water partition coefficient (Wildman–Crippen LogP) is 6.46. The molecule has 0 unspecified atom stereocenters. The van der Waals surface area contributed by atoms with Crippen molar-refractivity contribution in [2.75, 3.05) is 0 Å². The first-order valence-electron chi connectivity index (χ1n) is 10.8. The van der Waals surface area contributed by atoms with Crippen LogP contribution in [0.4, 0.5) is 0 Å². The van der Waals surface area contributed by atoms with Crippen LogP contribution in [0.3, 0.4) is 0 Å². The molecule has 184 valence electrons. The van der Waals surface area contributed by atoms with Crippen LogP contribution in [0, 0.1) is 0 Å². The minimum Gasteiger partial charge on any atom is -0.433 e. The van der Waals surface area contributed by atoms with Crippen molar-refractivity contribution < 1.29 is 24.7 Å². The molecule has 0 fully saturated rings. The van der Waals surface area contributed by atoms with Gasteiger partial charge in [0.25, 0.3) is 0 Å². The van der Waals surface area contributed by atoms with Gasteiger partial charge in [0.15, 0.2) is 16.6 Å². The molecule has 0 aromatic heterocycles. The Kier molecular flexibility index (Phi) is 10.8. The van der Waals surface area contributed by atoms with E-state index in [4.69, 9.17) is 24.7 Å². The highest BCUT2D eigenvalue weighted by molar-refractivity contribution is 6.92. The molecule has 0 amide bonds. The minimum absolute atomic E-state index is 1.94. The molecule has 0 radical (unpaired) electrons. The summed E-state index contributed by atoms with van der Waals surface area (Å²) in [4.78, 5) is 0. The highest BCUT2D eigenvalue weighted by atomic mass is 28.5. The monoisotopic (exact) mass is 556 g/mol. The van der Waals surface area contributed by atoms with E-state index >= 15 is 0 Å². The Hall–Kier alpha value is 0.758. The molecular weight excluding hydrogens is 509 g/mol. The molecule has 0 saturated heterocycles. The van der Waals surface area contributed by atoms with E-state index < -0.39 is 59.4 Å². The SMILES string of the molecule is C=C[Si](C)(C)O[Si](C)(C)O[Si](C)(C)O[Si](C)(C)O[Si](C)(C)O[Si](C)(C)O[Si](C)(C)C=C. The van der Waals surface area contributed by atoms with E-state index in [0.29, 0.717) is 0 Å². The Bertz CT molecular complexity index is 581. The average Bonchev–Trinajstić information content (AvgIpc) is 2.38. The standard InChI is InChI=1S/C18H48O6Si7/c1-17-25(3,4)19-27(7,8)21-29(11,12)23-31(15,16)24-30(13,14)22-28(9,10)20-26(5,6)18-2/h17-18H,1-2H2,3-16H3. The van der Waals surface area contributed by atoms with E-state index in [-0.39, 0.29) is 0 Å². The summed E-state index contributed by atoms with van der Waals surface area (Å²) >= 11 is 0. The minimum atomic E-state index is -2.52. The summed E-state index contributed by atoms with van der Waals surface area (Å²) < 4.78 is 39.0. The van der Waals surface area contributed by atoms with Crippen molar-refractivity contribution in [3.05, 3.63) is 24.6 Å². The molecule has 31 heavy (non-hydrogen) atoms. The van der Waals surface area contributed by atoms with Crippen molar-refractivity contribution in [1.29, 1.82) is 0 Å². The lowest BCUT2D eigenvalue weighted by Crippen LogP contribution is -2.60. The van der Waals surface area contributed by atoms with Crippen molar-refractivity contribution in [3.8, 4) is 0 Å². The predicted molar refractivity (Wildman–Crippen MR) is 149 cm³/mol. The maximum Gasteiger partial charge on any atom is 0.314 e. The van der Waals surface area contributed by atoms with Crippen LogP contribution in [0.1, 0.15) is 0 Å². The second kappa shape index (κ2) is 10.6. The quantitative estimate of drug-likeness (QED) is 0.229. The first-order chi connectivity index (χ1) is 13.4. The molecule has 0 spiro atoms. The van der Waals surface area contributed by atoms with Crippen LogP contribution in [-0.4, -0.2) is 59.4 Å². The third kappa shape index (κ3) is 13.9. The van der Waals surface area contributed by atoms with Gasteiger partial charge in [0.05, 0.1) is 0 Å². The molecular formula is C18H48O6Si7. The van der Waals surface area contributed by atoms with Crippen molar-refractivity contribution >= 4 is 59.4 Å². The molecule has 0 aliphatic rings. The van der Waals surface area contributed by atoms with Gasteiger partial charge in [-0.25, -0.2) is 0 Å². The first kappa shape index (κ1) is 31.8. The fraction of sp³-hybridized carbons (Fsp3) is 0.778. The van der Waals surface area contributed by atoms with E-state index in [0.717, 1.165) is 0 Å². The van der Waals surface area contributed by atoms with Gasteiger partial charge in [-0.1, -0.05) is 11.4 Å². The van der Waals surface area contributed by atoms with Gasteiger partial charge in [0.1, 0.15) is 0 Å². The van der Waals surface area contributed by atoms with Crippen LogP contribution in [0.5, 0.6) is 0 Å². The molecule has 0 bridgehead atoms. The third-order valence-electron chi connectivity index (χ3n) is 3.97. The topological polar surface area (TPSA) is 55.4 Å². The molecule has 6 nitrogen and oxygen atoms in total. The zero-order valence-electron chi connectivity index (χ0n) is 22.5. The molecule has 0 heterocycles. The largest absolute Gasteiger partial charge is 0.433 e. The summed E-state index contributed by atoms with van der Waals surface area (Å²) in [5, 5.41) is 0. The maximum atomic E-state index is 6.58. The first-order valence-corrected chi connectivity index (χ1v) is 30.9. The molecule has 0 saturated carbocycles. The van der Waals surface area contributed by atoms with E-state index in [1.54, 1.807) is 0 Å². The lowest BCUT2D eigenvalue weighted by Gasteiger charge is -2.43. The Balaban J connectivity index is 5.25.